The Morgan fingerprint density at radius 1 is 0.639 bits per heavy atom. The van der Waals surface area contributed by atoms with E-state index in [4.69, 9.17) is 14.2 Å². The van der Waals surface area contributed by atoms with Crippen LogP contribution in [0.5, 0.6) is 11.5 Å². The highest BCUT2D eigenvalue weighted by Crippen LogP contribution is 2.51. The normalized spacial score (nSPS) is 23.9. The van der Waals surface area contributed by atoms with Gasteiger partial charge in [-0.25, -0.2) is 0 Å². The van der Waals surface area contributed by atoms with Crippen molar-refractivity contribution in [3.8, 4) is 11.5 Å². The number of para-hydroxylation sites is 2. The Morgan fingerprint density at radius 3 is 1.83 bits per heavy atom. The lowest BCUT2D eigenvalue weighted by molar-refractivity contribution is -0.257. The van der Waals surface area contributed by atoms with Gasteiger partial charge in [-0.05, 0) is 55.0 Å². The van der Waals surface area contributed by atoms with E-state index in [0.717, 1.165) is 24.3 Å². The Kier molecular flexibility index (Phi) is 5.38. The summed E-state index contributed by atoms with van der Waals surface area (Å²) in [5.41, 5.74) is 3.68. The summed E-state index contributed by atoms with van der Waals surface area (Å²) in [7, 11) is -0.784. The first kappa shape index (κ1) is 22.1. The van der Waals surface area contributed by atoms with Gasteiger partial charge in [0.1, 0.15) is 11.5 Å². The maximum atomic E-state index is 7.21. The average molecular weight is 493 g/mol. The van der Waals surface area contributed by atoms with Crippen molar-refractivity contribution in [2.24, 2.45) is 11.8 Å². The van der Waals surface area contributed by atoms with E-state index in [1.165, 1.54) is 32.6 Å². The standard InChI is InChI=1S/C32H29O3P/c1-22-10-8-11-23-18-25-20-33-21-26-19-24-12-9-17-29(31(24)35-32(25,26)34-30(22)23)36(27-13-4-2-5-14-27)28-15-6-3-7-16-28/h2-17,25-26H,18-21H2,1H3/t25-,26-,32+/m0/s1. The van der Waals surface area contributed by atoms with Crippen LogP contribution in [0.15, 0.2) is 97.1 Å². The van der Waals surface area contributed by atoms with Crippen LogP contribution < -0.4 is 25.4 Å². The van der Waals surface area contributed by atoms with Crippen molar-refractivity contribution in [2.45, 2.75) is 25.6 Å². The van der Waals surface area contributed by atoms with Crippen molar-refractivity contribution in [1.82, 2.24) is 0 Å². The average Bonchev–Trinajstić information content (AvgIpc) is 2.92. The minimum absolute atomic E-state index is 0.159. The molecule has 0 amide bonds. The van der Waals surface area contributed by atoms with Crippen LogP contribution in [0, 0.1) is 18.8 Å². The van der Waals surface area contributed by atoms with Crippen molar-refractivity contribution >= 4 is 23.8 Å². The molecule has 4 heteroatoms. The van der Waals surface area contributed by atoms with Crippen LogP contribution in [0.4, 0.5) is 0 Å². The molecule has 3 atom stereocenters. The predicted molar refractivity (Wildman–Crippen MR) is 146 cm³/mol. The molecule has 36 heavy (non-hydrogen) atoms. The lowest BCUT2D eigenvalue weighted by atomic mass is 9.75. The Bertz CT molecular complexity index is 1360. The van der Waals surface area contributed by atoms with Gasteiger partial charge in [0.15, 0.2) is 0 Å². The molecule has 180 valence electrons. The first-order valence-corrected chi connectivity index (χ1v) is 14.1. The molecule has 0 bridgehead atoms. The van der Waals surface area contributed by atoms with Gasteiger partial charge in [-0.2, -0.15) is 0 Å². The molecule has 0 radical (unpaired) electrons. The largest absolute Gasteiger partial charge is 0.451 e. The fourth-order valence-corrected chi connectivity index (χ4v) is 8.57. The second kappa shape index (κ2) is 8.76. The highest BCUT2D eigenvalue weighted by molar-refractivity contribution is 7.80. The third-order valence-corrected chi connectivity index (χ3v) is 10.3. The van der Waals surface area contributed by atoms with Crippen molar-refractivity contribution in [1.29, 1.82) is 0 Å². The predicted octanol–water partition coefficient (Wildman–Crippen LogP) is 5.28. The van der Waals surface area contributed by atoms with Crippen LogP contribution >= 0.6 is 7.92 Å². The Balaban J connectivity index is 1.39. The zero-order valence-corrected chi connectivity index (χ0v) is 21.3. The summed E-state index contributed by atoms with van der Waals surface area (Å²) in [5, 5.41) is 3.91. The van der Waals surface area contributed by atoms with E-state index in [1.807, 2.05) is 0 Å². The first-order chi connectivity index (χ1) is 17.7. The minimum atomic E-state index is -0.784. The van der Waals surface area contributed by atoms with Crippen molar-refractivity contribution in [3.05, 3.63) is 114 Å². The highest BCUT2D eigenvalue weighted by atomic mass is 31.1. The van der Waals surface area contributed by atoms with Gasteiger partial charge in [0, 0.05) is 5.30 Å². The van der Waals surface area contributed by atoms with Crippen LogP contribution in [-0.4, -0.2) is 19.0 Å². The maximum Gasteiger partial charge on any atom is 0.261 e. The zero-order chi connectivity index (χ0) is 24.1. The Morgan fingerprint density at radius 2 is 1.19 bits per heavy atom. The molecule has 3 heterocycles. The molecular formula is C32H29O3P. The SMILES string of the molecule is Cc1cccc2c1O[C@]13Oc4c(cccc4P(c4ccccc4)c4ccccc4)C[C@H]1COC[C@@H]3C2. The number of rotatable bonds is 3. The van der Waals surface area contributed by atoms with Gasteiger partial charge in [0.2, 0.25) is 0 Å². The van der Waals surface area contributed by atoms with Crippen LogP contribution in [-0.2, 0) is 17.6 Å². The van der Waals surface area contributed by atoms with E-state index < -0.39 is 13.7 Å². The van der Waals surface area contributed by atoms with Gasteiger partial charge < -0.3 is 14.2 Å². The molecule has 4 aromatic rings. The minimum Gasteiger partial charge on any atom is -0.451 e. The summed E-state index contributed by atoms with van der Waals surface area (Å²) in [4.78, 5) is 0. The lowest BCUT2D eigenvalue weighted by Gasteiger charge is -2.53. The Labute approximate surface area is 213 Å². The van der Waals surface area contributed by atoms with Gasteiger partial charge in [-0.3, -0.25) is 0 Å². The summed E-state index contributed by atoms with van der Waals surface area (Å²) in [6.07, 6.45) is 1.81. The highest BCUT2D eigenvalue weighted by Gasteiger charge is 2.58. The molecular weight excluding hydrogens is 463 g/mol. The fraction of sp³-hybridized carbons (Fsp3) is 0.250. The van der Waals surface area contributed by atoms with Crippen LogP contribution in [0.2, 0.25) is 0 Å². The number of ether oxygens (including phenoxy) is 3. The molecule has 0 saturated carbocycles. The van der Waals surface area contributed by atoms with Crippen molar-refractivity contribution in [3.63, 3.8) is 0 Å². The molecule has 1 spiro atoms. The van der Waals surface area contributed by atoms with E-state index in [9.17, 15) is 0 Å². The van der Waals surface area contributed by atoms with E-state index >= 15 is 0 Å². The summed E-state index contributed by atoms with van der Waals surface area (Å²) in [5.74, 6) is 1.62. The van der Waals surface area contributed by atoms with E-state index in [2.05, 4.69) is 104 Å². The summed E-state index contributed by atoms with van der Waals surface area (Å²) in [6.45, 7) is 3.46. The number of fused-ring (bicyclic) bond motifs is 2. The monoisotopic (exact) mass is 492 g/mol. The van der Waals surface area contributed by atoms with E-state index in [-0.39, 0.29) is 11.8 Å². The molecule has 7 rings (SSSR count). The number of aryl methyl sites for hydroxylation is 1. The molecule has 0 aromatic heterocycles. The van der Waals surface area contributed by atoms with Gasteiger partial charge in [-0.15, -0.1) is 0 Å². The molecule has 3 aliphatic heterocycles. The maximum absolute atomic E-state index is 7.21. The fourth-order valence-electron chi connectivity index (χ4n) is 6.15. The molecule has 0 N–H and O–H groups in total. The third-order valence-electron chi connectivity index (χ3n) is 7.87. The molecule has 0 aliphatic carbocycles. The number of hydrogen-bond acceptors (Lipinski definition) is 3. The van der Waals surface area contributed by atoms with Crippen LogP contribution in [0.3, 0.4) is 0 Å². The topological polar surface area (TPSA) is 27.7 Å². The molecule has 1 fully saturated rings. The van der Waals surface area contributed by atoms with Gasteiger partial charge in [-0.1, -0.05) is 97.1 Å². The first-order valence-electron chi connectivity index (χ1n) is 12.8. The number of hydrogen-bond donors (Lipinski definition) is 0. The van der Waals surface area contributed by atoms with Crippen LogP contribution in [0.1, 0.15) is 16.7 Å². The summed E-state index contributed by atoms with van der Waals surface area (Å²) in [6, 6.07) is 34.8. The second-order valence-corrected chi connectivity index (χ2v) is 12.3. The van der Waals surface area contributed by atoms with Crippen molar-refractivity contribution < 1.29 is 14.2 Å². The molecule has 3 nitrogen and oxygen atoms in total. The molecule has 3 aliphatic rings. The Hall–Kier alpha value is -3.13. The molecule has 4 aromatic carbocycles. The molecule has 1 saturated heterocycles. The van der Waals surface area contributed by atoms with Crippen LogP contribution in [0.25, 0.3) is 0 Å². The summed E-state index contributed by atoms with van der Waals surface area (Å²) >= 11 is 0. The van der Waals surface area contributed by atoms with Gasteiger partial charge in [0.25, 0.3) is 5.79 Å². The lowest BCUT2D eigenvalue weighted by Crippen LogP contribution is -2.65. The summed E-state index contributed by atoms with van der Waals surface area (Å²) < 4.78 is 20.3. The quantitative estimate of drug-likeness (QED) is 0.364. The smallest absolute Gasteiger partial charge is 0.261 e. The van der Waals surface area contributed by atoms with E-state index in [1.54, 1.807) is 0 Å². The van der Waals surface area contributed by atoms with Gasteiger partial charge in [0.05, 0.1) is 25.0 Å². The zero-order valence-electron chi connectivity index (χ0n) is 20.4. The van der Waals surface area contributed by atoms with Gasteiger partial charge >= 0.3 is 0 Å². The number of benzene rings is 4. The second-order valence-electron chi connectivity index (χ2n) is 10.1. The van der Waals surface area contributed by atoms with Crippen molar-refractivity contribution in [2.75, 3.05) is 13.2 Å². The third kappa shape index (κ3) is 3.49. The van der Waals surface area contributed by atoms with E-state index in [0.29, 0.717) is 13.2 Å². The molecule has 0 unspecified atom stereocenters.